The maximum Gasteiger partial charge on any atom is 0.242 e. The zero-order valence-electron chi connectivity index (χ0n) is 13.0. The number of thiazole rings is 1. The van der Waals surface area contributed by atoms with Crippen LogP contribution < -0.4 is 10.6 Å². The highest BCUT2D eigenvalue weighted by atomic mass is 32.1. The SMILES string of the molecule is O=C(CN1CCO[C@H](c2nccs2)C1)N[C@H]1CCCCNC1=O. The van der Waals surface area contributed by atoms with Gasteiger partial charge in [0, 0.05) is 31.2 Å². The minimum Gasteiger partial charge on any atom is -0.368 e. The summed E-state index contributed by atoms with van der Waals surface area (Å²) in [5.74, 6) is -0.176. The van der Waals surface area contributed by atoms with Gasteiger partial charge in [0.25, 0.3) is 0 Å². The van der Waals surface area contributed by atoms with Gasteiger partial charge in [0.2, 0.25) is 11.8 Å². The molecule has 1 aromatic rings. The molecule has 2 aliphatic heterocycles. The van der Waals surface area contributed by atoms with E-state index >= 15 is 0 Å². The molecule has 126 valence electrons. The van der Waals surface area contributed by atoms with Gasteiger partial charge in [0.05, 0.1) is 13.2 Å². The van der Waals surface area contributed by atoms with E-state index in [1.54, 1.807) is 17.5 Å². The van der Waals surface area contributed by atoms with Crippen LogP contribution in [-0.2, 0) is 14.3 Å². The molecule has 2 fully saturated rings. The van der Waals surface area contributed by atoms with Crippen molar-refractivity contribution in [2.75, 3.05) is 32.8 Å². The van der Waals surface area contributed by atoms with Crippen LogP contribution in [0.3, 0.4) is 0 Å². The van der Waals surface area contributed by atoms with Gasteiger partial charge in [-0.15, -0.1) is 11.3 Å². The van der Waals surface area contributed by atoms with Crippen molar-refractivity contribution in [3.63, 3.8) is 0 Å². The molecule has 8 heteroatoms. The molecule has 2 amide bonds. The first kappa shape index (κ1) is 16.4. The average molecular weight is 338 g/mol. The number of carbonyl (C=O) groups excluding carboxylic acids is 2. The third-order valence-electron chi connectivity index (χ3n) is 4.12. The van der Waals surface area contributed by atoms with E-state index in [0.29, 0.717) is 32.7 Å². The maximum absolute atomic E-state index is 12.2. The third kappa shape index (κ3) is 4.49. The number of morpholine rings is 1. The van der Waals surface area contributed by atoms with E-state index in [4.69, 9.17) is 4.74 Å². The van der Waals surface area contributed by atoms with Crippen molar-refractivity contribution in [1.29, 1.82) is 0 Å². The van der Waals surface area contributed by atoms with Crippen LogP contribution in [0.4, 0.5) is 0 Å². The fourth-order valence-corrected chi connectivity index (χ4v) is 3.59. The second-order valence-corrected chi connectivity index (χ2v) is 6.80. The van der Waals surface area contributed by atoms with Crippen LogP contribution in [0.25, 0.3) is 0 Å². The van der Waals surface area contributed by atoms with E-state index in [0.717, 1.165) is 17.8 Å². The van der Waals surface area contributed by atoms with Gasteiger partial charge in [-0.1, -0.05) is 0 Å². The first-order valence-corrected chi connectivity index (χ1v) is 8.91. The second kappa shape index (κ2) is 7.85. The van der Waals surface area contributed by atoms with Crippen molar-refractivity contribution in [3.05, 3.63) is 16.6 Å². The first-order chi connectivity index (χ1) is 11.2. The monoisotopic (exact) mass is 338 g/mol. The second-order valence-electron chi connectivity index (χ2n) is 5.87. The zero-order valence-corrected chi connectivity index (χ0v) is 13.8. The summed E-state index contributed by atoms with van der Waals surface area (Å²) in [6.07, 6.45) is 4.32. The lowest BCUT2D eigenvalue weighted by atomic mass is 10.1. The normalized spacial score (nSPS) is 26.3. The summed E-state index contributed by atoms with van der Waals surface area (Å²) in [7, 11) is 0. The van der Waals surface area contributed by atoms with Crippen LogP contribution in [0.1, 0.15) is 30.4 Å². The van der Waals surface area contributed by atoms with Gasteiger partial charge in [-0.2, -0.15) is 0 Å². The van der Waals surface area contributed by atoms with E-state index in [-0.39, 0.29) is 24.5 Å². The quantitative estimate of drug-likeness (QED) is 0.825. The van der Waals surface area contributed by atoms with E-state index in [2.05, 4.69) is 20.5 Å². The van der Waals surface area contributed by atoms with Crippen LogP contribution in [0.5, 0.6) is 0 Å². The van der Waals surface area contributed by atoms with Crippen LogP contribution in [0.2, 0.25) is 0 Å². The van der Waals surface area contributed by atoms with Gasteiger partial charge >= 0.3 is 0 Å². The Bertz CT molecular complexity index is 537. The third-order valence-corrected chi connectivity index (χ3v) is 4.98. The van der Waals surface area contributed by atoms with Crippen molar-refractivity contribution in [3.8, 4) is 0 Å². The van der Waals surface area contributed by atoms with Crippen LogP contribution in [-0.4, -0.2) is 60.5 Å². The average Bonchev–Trinajstić information content (AvgIpc) is 3.01. The molecule has 0 radical (unpaired) electrons. The topological polar surface area (TPSA) is 83.6 Å². The summed E-state index contributed by atoms with van der Waals surface area (Å²) in [5.41, 5.74) is 0. The summed E-state index contributed by atoms with van der Waals surface area (Å²) >= 11 is 1.57. The fraction of sp³-hybridized carbons (Fsp3) is 0.667. The van der Waals surface area contributed by atoms with Crippen LogP contribution in [0.15, 0.2) is 11.6 Å². The van der Waals surface area contributed by atoms with E-state index in [1.807, 2.05) is 5.38 Å². The summed E-state index contributed by atoms with van der Waals surface area (Å²) in [6.45, 7) is 2.94. The van der Waals surface area contributed by atoms with Gasteiger partial charge in [0.1, 0.15) is 17.2 Å². The van der Waals surface area contributed by atoms with Crippen molar-refractivity contribution in [1.82, 2.24) is 20.5 Å². The van der Waals surface area contributed by atoms with Gasteiger partial charge < -0.3 is 15.4 Å². The number of hydrogen-bond acceptors (Lipinski definition) is 6. The van der Waals surface area contributed by atoms with E-state index in [9.17, 15) is 9.59 Å². The Morgan fingerprint density at radius 2 is 2.43 bits per heavy atom. The highest BCUT2D eigenvalue weighted by Gasteiger charge is 2.27. The minimum atomic E-state index is -0.402. The lowest BCUT2D eigenvalue weighted by Crippen LogP contribution is -2.50. The van der Waals surface area contributed by atoms with Crippen LogP contribution >= 0.6 is 11.3 Å². The number of aromatic nitrogens is 1. The Morgan fingerprint density at radius 1 is 1.52 bits per heavy atom. The molecule has 0 spiro atoms. The van der Waals surface area contributed by atoms with E-state index < -0.39 is 6.04 Å². The lowest BCUT2D eigenvalue weighted by molar-refractivity contribution is -0.130. The Labute approximate surface area is 139 Å². The standard InChI is InChI=1S/C15H22N4O3S/c20-13(18-11-3-1-2-4-16-14(11)21)10-19-6-7-22-12(9-19)15-17-5-8-23-15/h5,8,11-12H,1-4,6-7,9-10H2,(H,16,21)(H,18,20)/t11-,12-/m0/s1. The summed E-state index contributed by atoms with van der Waals surface area (Å²) in [6, 6.07) is -0.402. The number of hydrogen-bond donors (Lipinski definition) is 2. The smallest absolute Gasteiger partial charge is 0.242 e. The Balaban J connectivity index is 1.50. The molecule has 2 atom stereocenters. The molecule has 2 N–H and O–H groups in total. The Morgan fingerprint density at radius 3 is 3.26 bits per heavy atom. The number of carbonyl (C=O) groups is 2. The van der Waals surface area contributed by atoms with E-state index in [1.165, 1.54) is 0 Å². The van der Waals surface area contributed by atoms with Crippen molar-refractivity contribution < 1.29 is 14.3 Å². The molecular formula is C15H22N4O3S. The number of nitrogens with one attached hydrogen (secondary N) is 2. The molecule has 0 aliphatic carbocycles. The molecular weight excluding hydrogens is 316 g/mol. The highest BCUT2D eigenvalue weighted by Crippen LogP contribution is 2.23. The van der Waals surface area contributed by atoms with Crippen molar-refractivity contribution in [2.24, 2.45) is 0 Å². The molecule has 2 saturated heterocycles. The highest BCUT2D eigenvalue weighted by molar-refractivity contribution is 7.09. The fourth-order valence-electron chi connectivity index (χ4n) is 2.91. The summed E-state index contributed by atoms with van der Waals surface area (Å²) < 4.78 is 5.73. The van der Waals surface area contributed by atoms with Gasteiger partial charge in [0.15, 0.2) is 0 Å². The molecule has 0 bridgehead atoms. The molecule has 0 saturated carbocycles. The van der Waals surface area contributed by atoms with Crippen molar-refractivity contribution in [2.45, 2.75) is 31.4 Å². The molecule has 23 heavy (non-hydrogen) atoms. The predicted molar refractivity (Wildman–Crippen MR) is 86.0 cm³/mol. The molecule has 1 aromatic heterocycles. The van der Waals surface area contributed by atoms with Gasteiger partial charge in [-0.25, -0.2) is 4.98 Å². The molecule has 3 rings (SSSR count). The number of ether oxygens (including phenoxy) is 1. The minimum absolute atomic E-state index is 0.0708. The summed E-state index contributed by atoms with van der Waals surface area (Å²) in [5, 5.41) is 8.56. The summed E-state index contributed by atoms with van der Waals surface area (Å²) in [4.78, 5) is 30.5. The molecule has 2 aliphatic rings. The molecule has 0 aromatic carbocycles. The Kier molecular flexibility index (Phi) is 5.58. The largest absolute Gasteiger partial charge is 0.368 e. The van der Waals surface area contributed by atoms with Crippen molar-refractivity contribution >= 4 is 23.2 Å². The number of rotatable bonds is 4. The van der Waals surface area contributed by atoms with Gasteiger partial charge in [-0.05, 0) is 19.3 Å². The molecule has 3 heterocycles. The van der Waals surface area contributed by atoms with Crippen LogP contribution in [0, 0.1) is 0 Å². The number of amides is 2. The Hall–Kier alpha value is -1.51. The van der Waals surface area contributed by atoms with Gasteiger partial charge in [-0.3, -0.25) is 14.5 Å². The number of nitrogens with zero attached hydrogens (tertiary/aromatic N) is 2. The lowest BCUT2D eigenvalue weighted by Gasteiger charge is -2.31. The molecule has 7 nitrogen and oxygen atoms in total. The predicted octanol–water partition coefficient (Wildman–Crippen LogP) is 0.301. The first-order valence-electron chi connectivity index (χ1n) is 8.03. The molecule has 0 unspecified atom stereocenters. The zero-order chi connectivity index (χ0) is 16.1. The maximum atomic E-state index is 12.2.